The Hall–Kier alpha value is -0.905. The van der Waals surface area contributed by atoms with Gasteiger partial charge in [-0.3, -0.25) is 0 Å². The SMILES string of the molecule is CB(O)N1CCC(CO)(c2ccc(F)cc2)CC1. The van der Waals surface area contributed by atoms with Crippen LogP contribution in [0, 0.1) is 5.82 Å². The first-order chi connectivity index (χ1) is 8.57. The lowest BCUT2D eigenvalue weighted by atomic mass is 9.70. The predicted molar refractivity (Wildman–Crippen MR) is 69.8 cm³/mol. The number of hydrogen-bond donors (Lipinski definition) is 2. The first-order valence-corrected chi connectivity index (χ1v) is 6.36. The molecule has 2 N–H and O–H groups in total. The molecule has 0 radical (unpaired) electrons. The molecule has 1 aromatic carbocycles. The standard InChI is InChI=1S/C13H19BFNO2/c1-14(18)16-8-6-13(10-17,7-9-16)11-2-4-12(15)5-3-11/h2-5,17-18H,6-10H2,1H3. The van der Waals surface area contributed by atoms with Gasteiger partial charge in [0.1, 0.15) is 5.82 Å². The topological polar surface area (TPSA) is 43.7 Å². The van der Waals surface area contributed by atoms with E-state index in [1.54, 1.807) is 19.0 Å². The number of nitrogens with zero attached hydrogens (tertiary/aromatic N) is 1. The molecule has 0 amide bonds. The molecule has 18 heavy (non-hydrogen) atoms. The van der Waals surface area contributed by atoms with Crippen LogP contribution in [0.25, 0.3) is 0 Å². The molecule has 1 heterocycles. The normalized spacial score (nSPS) is 19.8. The van der Waals surface area contributed by atoms with Gasteiger partial charge < -0.3 is 14.9 Å². The lowest BCUT2D eigenvalue weighted by Gasteiger charge is -2.41. The Balaban J connectivity index is 2.16. The highest BCUT2D eigenvalue weighted by atomic mass is 19.1. The van der Waals surface area contributed by atoms with Crippen LogP contribution < -0.4 is 0 Å². The van der Waals surface area contributed by atoms with Crippen molar-refractivity contribution in [3.8, 4) is 0 Å². The van der Waals surface area contributed by atoms with E-state index >= 15 is 0 Å². The van der Waals surface area contributed by atoms with Crippen molar-refractivity contribution in [1.29, 1.82) is 0 Å². The molecule has 0 bridgehead atoms. The fourth-order valence-corrected chi connectivity index (χ4v) is 2.67. The molecule has 0 spiro atoms. The molecular weight excluding hydrogens is 232 g/mol. The van der Waals surface area contributed by atoms with Gasteiger partial charge >= 0.3 is 7.05 Å². The number of benzene rings is 1. The van der Waals surface area contributed by atoms with Gasteiger partial charge in [-0.2, -0.15) is 0 Å². The van der Waals surface area contributed by atoms with Crippen LogP contribution in [-0.2, 0) is 5.41 Å². The first kappa shape index (κ1) is 13.5. The van der Waals surface area contributed by atoms with E-state index in [0.29, 0.717) is 0 Å². The molecule has 2 rings (SSSR count). The molecule has 98 valence electrons. The fourth-order valence-electron chi connectivity index (χ4n) is 2.67. The van der Waals surface area contributed by atoms with Crippen molar-refractivity contribution in [2.75, 3.05) is 19.7 Å². The minimum absolute atomic E-state index is 0.0618. The second kappa shape index (κ2) is 5.39. The Kier molecular flexibility index (Phi) is 4.05. The van der Waals surface area contributed by atoms with E-state index in [1.807, 2.05) is 4.81 Å². The molecule has 3 nitrogen and oxygen atoms in total. The maximum Gasteiger partial charge on any atom is 0.376 e. The minimum atomic E-state index is -0.449. The molecule has 5 heteroatoms. The van der Waals surface area contributed by atoms with E-state index in [9.17, 15) is 14.5 Å². The zero-order chi connectivity index (χ0) is 13.2. The Labute approximate surface area is 107 Å². The van der Waals surface area contributed by atoms with Gasteiger partial charge in [-0.25, -0.2) is 4.39 Å². The van der Waals surface area contributed by atoms with Gasteiger partial charge in [0, 0.05) is 5.41 Å². The van der Waals surface area contributed by atoms with Crippen LogP contribution in [0.15, 0.2) is 24.3 Å². The molecule has 1 aliphatic rings. The van der Waals surface area contributed by atoms with Crippen molar-refractivity contribution >= 4 is 7.05 Å². The predicted octanol–water partition coefficient (Wildman–Crippen LogP) is 1.26. The second-order valence-electron chi connectivity index (χ2n) is 5.11. The number of piperidine rings is 1. The summed E-state index contributed by atoms with van der Waals surface area (Å²) in [7, 11) is -0.449. The van der Waals surface area contributed by atoms with E-state index in [0.717, 1.165) is 31.5 Å². The van der Waals surface area contributed by atoms with Crippen molar-refractivity contribution < 1.29 is 14.5 Å². The molecule has 0 aliphatic carbocycles. The lowest BCUT2D eigenvalue weighted by molar-refractivity contribution is 0.127. The molecule has 1 aliphatic heterocycles. The van der Waals surface area contributed by atoms with Crippen LogP contribution in [0.1, 0.15) is 18.4 Å². The van der Waals surface area contributed by atoms with Crippen LogP contribution in [0.2, 0.25) is 6.82 Å². The van der Waals surface area contributed by atoms with Crippen molar-refractivity contribution in [2.45, 2.75) is 25.1 Å². The quantitative estimate of drug-likeness (QED) is 0.795. The van der Waals surface area contributed by atoms with Crippen LogP contribution in [-0.4, -0.2) is 41.7 Å². The minimum Gasteiger partial charge on any atom is -0.437 e. The van der Waals surface area contributed by atoms with Gasteiger partial charge in [0.2, 0.25) is 0 Å². The average molecular weight is 251 g/mol. The summed E-state index contributed by atoms with van der Waals surface area (Å²) in [5, 5.41) is 19.3. The highest BCUT2D eigenvalue weighted by molar-refractivity contribution is 6.45. The summed E-state index contributed by atoms with van der Waals surface area (Å²) in [4.78, 5) is 1.98. The summed E-state index contributed by atoms with van der Waals surface area (Å²) < 4.78 is 12.9. The van der Waals surface area contributed by atoms with Gasteiger partial charge in [-0.15, -0.1) is 0 Å². The second-order valence-corrected chi connectivity index (χ2v) is 5.11. The molecule has 0 aromatic heterocycles. The van der Waals surface area contributed by atoms with Crippen molar-refractivity contribution in [2.24, 2.45) is 0 Å². The summed E-state index contributed by atoms with van der Waals surface area (Å²) in [5.74, 6) is -0.256. The Morgan fingerprint density at radius 1 is 1.28 bits per heavy atom. The highest BCUT2D eigenvalue weighted by Gasteiger charge is 2.37. The largest absolute Gasteiger partial charge is 0.437 e. The van der Waals surface area contributed by atoms with Crippen LogP contribution in [0.4, 0.5) is 4.39 Å². The summed E-state index contributed by atoms with van der Waals surface area (Å²) >= 11 is 0. The molecule has 1 saturated heterocycles. The third-order valence-corrected chi connectivity index (χ3v) is 4.04. The van der Waals surface area contributed by atoms with Crippen LogP contribution in [0.3, 0.4) is 0 Å². The number of rotatable bonds is 3. The van der Waals surface area contributed by atoms with E-state index in [-0.39, 0.29) is 17.8 Å². The monoisotopic (exact) mass is 251 g/mol. The van der Waals surface area contributed by atoms with Crippen molar-refractivity contribution in [1.82, 2.24) is 4.81 Å². The van der Waals surface area contributed by atoms with Crippen LogP contribution >= 0.6 is 0 Å². The average Bonchev–Trinajstić information content (AvgIpc) is 2.39. The maximum atomic E-state index is 12.9. The Bertz CT molecular complexity index is 388. The van der Waals surface area contributed by atoms with Gasteiger partial charge in [0.05, 0.1) is 6.61 Å². The zero-order valence-corrected chi connectivity index (χ0v) is 10.6. The highest BCUT2D eigenvalue weighted by Crippen LogP contribution is 2.35. The number of aliphatic hydroxyl groups is 1. The Morgan fingerprint density at radius 2 is 1.83 bits per heavy atom. The van der Waals surface area contributed by atoms with E-state index in [1.165, 1.54) is 12.1 Å². The summed E-state index contributed by atoms with van der Waals surface area (Å²) in [6.07, 6.45) is 1.56. The zero-order valence-electron chi connectivity index (χ0n) is 10.6. The van der Waals surface area contributed by atoms with Crippen molar-refractivity contribution in [3.63, 3.8) is 0 Å². The molecule has 1 aromatic rings. The van der Waals surface area contributed by atoms with Crippen LogP contribution in [0.5, 0.6) is 0 Å². The molecule has 0 atom stereocenters. The third-order valence-electron chi connectivity index (χ3n) is 4.04. The van der Waals surface area contributed by atoms with E-state index < -0.39 is 7.05 Å². The fraction of sp³-hybridized carbons (Fsp3) is 0.538. The Morgan fingerprint density at radius 3 is 2.28 bits per heavy atom. The van der Waals surface area contributed by atoms with Gasteiger partial charge in [-0.1, -0.05) is 12.1 Å². The third kappa shape index (κ3) is 2.58. The molecule has 1 fully saturated rings. The maximum absolute atomic E-state index is 12.9. The molecule has 0 saturated carbocycles. The smallest absolute Gasteiger partial charge is 0.376 e. The summed E-state index contributed by atoms with van der Waals surface area (Å²) in [6.45, 7) is 3.31. The number of aliphatic hydroxyl groups excluding tert-OH is 1. The van der Waals surface area contributed by atoms with E-state index in [2.05, 4.69) is 0 Å². The lowest BCUT2D eigenvalue weighted by Crippen LogP contribution is -2.49. The van der Waals surface area contributed by atoms with Crippen molar-refractivity contribution in [3.05, 3.63) is 35.6 Å². The number of hydrogen-bond acceptors (Lipinski definition) is 3. The van der Waals surface area contributed by atoms with Gasteiger partial charge in [-0.05, 0) is 50.5 Å². The first-order valence-electron chi connectivity index (χ1n) is 6.36. The van der Waals surface area contributed by atoms with E-state index in [4.69, 9.17) is 0 Å². The number of halogens is 1. The van der Waals surface area contributed by atoms with Gasteiger partial charge in [0.25, 0.3) is 0 Å². The van der Waals surface area contributed by atoms with Gasteiger partial charge in [0.15, 0.2) is 0 Å². The summed E-state index contributed by atoms with van der Waals surface area (Å²) in [5.41, 5.74) is 0.690. The summed E-state index contributed by atoms with van der Waals surface area (Å²) in [6, 6.07) is 6.38. The molecule has 0 unspecified atom stereocenters. The molecular formula is C13H19BFNO2.